The van der Waals surface area contributed by atoms with Gasteiger partial charge in [-0.1, -0.05) is 22.0 Å². The minimum Gasteiger partial charge on any atom is -0.496 e. The number of rotatable bonds is 5. The lowest BCUT2D eigenvalue weighted by molar-refractivity contribution is -0.118. The molecule has 2 aromatic rings. The van der Waals surface area contributed by atoms with E-state index < -0.39 is 0 Å². The number of fused-ring (bicyclic) bond motifs is 1. The molecule has 2 aromatic carbocycles. The Labute approximate surface area is 150 Å². The van der Waals surface area contributed by atoms with E-state index in [1.807, 2.05) is 35.2 Å². The monoisotopic (exact) mass is 389 g/mol. The normalized spacial score (nSPS) is 12.9. The molecule has 0 fully saturated rings. The maximum atomic E-state index is 12.7. The van der Waals surface area contributed by atoms with Crippen molar-refractivity contribution in [2.45, 2.75) is 19.3 Å². The molecule has 0 atom stereocenters. The Hall–Kier alpha value is -2.01. The molecule has 1 aliphatic heterocycles. The fourth-order valence-electron chi connectivity index (χ4n) is 3.17. The topological polar surface area (TPSA) is 38.8 Å². The third-order valence-electron chi connectivity index (χ3n) is 4.36. The highest BCUT2D eigenvalue weighted by Crippen LogP contribution is 2.33. The van der Waals surface area contributed by atoms with Crippen LogP contribution >= 0.6 is 15.9 Å². The number of amides is 1. The lowest BCUT2D eigenvalue weighted by Gasteiger charge is -2.18. The van der Waals surface area contributed by atoms with Crippen LogP contribution in [0.1, 0.15) is 17.5 Å². The van der Waals surface area contributed by atoms with E-state index in [0.29, 0.717) is 12.8 Å². The predicted octanol–water partition coefficient (Wildman–Crippen LogP) is 3.99. The lowest BCUT2D eigenvalue weighted by atomic mass is 10.1. The van der Waals surface area contributed by atoms with E-state index >= 15 is 0 Å². The van der Waals surface area contributed by atoms with Gasteiger partial charge in [0.1, 0.15) is 11.5 Å². The Morgan fingerprint density at radius 2 is 1.88 bits per heavy atom. The molecule has 0 unspecified atom stereocenters. The van der Waals surface area contributed by atoms with Gasteiger partial charge in [0.2, 0.25) is 5.91 Å². The molecule has 24 heavy (non-hydrogen) atoms. The van der Waals surface area contributed by atoms with E-state index in [0.717, 1.165) is 40.2 Å². The molecular weight excluding hydrogens is 370 g/mol. The zero-order chi connectivity index (χ0) is 17.1. The van der Waals surface area contributed by atoms with Crippen LogP contribution in [0.3, 0.4) is 0 Å². The average molecular weight is 390 g/mol. The molecule has 1 aliphatic rings. The van der Waals surface area contributed by atoms with Gasteiger partial charge in [-0.05, 0) is 48.7 Å². The van der Waals surface area contributed by atoms with E-state index in [-0.39, 0.29) is 5.91 Å². The van der Waals surface area contributed by atoms with E-state index in [9.17, 15) is 4.79 Å². The summed E-state index contributed by atoms with van der Waals surface area (Å²) in [4.78, 5) is 14.6. The first-order valence-corrected chi connectivity index (χ1v) is 8.72. The van der Waals surface area contributed by atoms with Crippen LogP contribution in [0.15, 0.2) is 40.9 Å². The van der Waals surface area contributed by atoms with Crippen molar-refractivity contribution in [3.8, 4) is 11.5 Å². The van der Waals surface area contributed by atoms with Crippen LogP contribution in [0.25, 0.3) is 0 Å². The summed E-state index contributed by atoms with van der Waals surface area (Å²) in [6.45, 7) is 0.744. The highest BCUT2D eigenvalue weighted by Gasteiger charge is 2.25. The molecule has 1 heterocycles. The van der Waals surface area contributed by atoms with E-state index in [2.05, 4.69) is 22.0 Å². The molecule has 4 nitrogen and oxygen atoms in total. The quantitative estimate of drug-likeness (QED) is 0.775. The van der Waals surface area contributed by atoms with E-state index in [4.69, 9.17) is 9.47 Å². The molecule has 3 rings (SSSR count). The van der Waals surface area contributed by atoms with Crippen molar-refractivity contribution in [2.75, 3.05) is 25.7 Å². The van der Waals surface area contributed by atoms with Crippen molar-refractivity contribution in [3.63, 3.8) is 0 Å². The van der Waals surface area contributed by atoms with Crippen LogP contribution in [-0.2, 0) is 17.6 Å². The number of methoxy groups -OCH3 is 2. The number of anilines is 1. The molecule has 0 radical (unpaired) electrons. The van der Waals surface area contributed by atoms with Gasteiger partial charge in [-0.15, -0.1) is 0 Å². The molecule has 0 spiro atoms. The summed E-state index contributed by atoms with van der Waals surface area (Å²) in [7, 11) is 3.27. The lowest BCUT2D eigenvalue weighted by Crippen LogP contribution is -2.29. The number of benzene rings is 2. The minimum atomic E-state index is 0.129. The van der Waals surface area contributed by atoms with Crippen molar-refractivity contribution < 1.29 is 14.3 Å². The second-order valence-electron chi connectivity index (χ2n) is 5.71. The summed E-state index contributed by atoms with van der Waals surface area (Å²) in [5.74, 6) is 1.64. The van der Waals surface area contributed by atoms with Gasteiger partial charge in [0.15, 0.2) is 0 Å². The average Bonchev–Trinajstić information content (AvgIpc) is 3.02. The second kappa shape index (κ2) is 7.26. The fraction of sp³-hybridized carbons (Fsp3) is 0.316. The number of hydrogen-bond donors (Lipinski definition) is 0. The zero-order valence-corrected chi connectivity index (χ0v) is 15.4. The molecule has 0 saturated heterocycles. The van der Waals surface area contributed by atoms with Crippen molar-refractivity contribution in [1.29, 1.82) is 0 Å². The first-order valence-electron chi connectivity index (χ1n) is 7.92. The molecule has 1 amide bonds. The number of ether oxygens (including phenoxy) is 2. The van der Waals surface area contributed by atoms with Gasteiger partial charge in [-0.3, -0.25) is 4.79 Å². The molecule has 0 saturated carbocycles. The minimum absolute atomic E-state index is 0.129. The maximum Gasteiger partial charge on any atom is 0.227 e. The molecule has 5 heteroatoms. The van der Waals surface area contributed by atoms with Crippen LogP contribution in [0.4, 0.5) is 5.69 Å². The Kier molecular flexibility index (Phi) is 5.09. The maximum absolute atomic E-state index is 12.7. The summed E-state index contributed by atoms with van der Waals surface area (Å²) in [5.41, 5.74) is 3.17. The summed E-state index contributed by atoms with van der Waals surface area (Å²) in [5, 5.41) is 0. The smallest absolute Gasteiger partial charge is 0.227 e. The van der Waals surface area contributed by atoms with E-state index in [1.165, 1.54) is 5.56 Å². The highest BCUT2D eigenvalue weighted by molar-refractivity contribution is 9.10. The molecule has 0 aliphatic carbocycles. The van der Waals surface area contributed by atoms with Crippen molar-refractivity contribution in [1.82, 2.24) is 0 Å². The summed E-state index contributed by atoms with van der Waals surface area (Å²) >= 11 is 3.48. The Morgan fingerprint density at radius 1 is 1.17 bits per heavy atom. The van der Waals surface area contributed by atoms with Gasteiger partial charge in [0.05, 0.1) is 14.2 Å². The van der Waals surface area contributed by atoms with Gasteiger partial charge >= 0.3 is 0 Å². The first-order chi connectivity index (χ1) is 11.6. The molecule has 0 N–H and O–H groups in total. The number of carbonyl (C=O) groups is 1. The van der Waals surface area contributed by atoms with Gasteiger partial charge in [-0.25, -0.2) is 0 Å². The number of nitrogens with zero attached hydrogens (tertiary/aromatic N) is 1. The van der Waals surface area contributed by atoms with Crippen molar-refractivity contribution >= 4 is 27.5 Å². The largest absolute Gasteiger partial charge is 0.496 e. The number of halogens is 1. The fourth-order valence-corrected chi connectivity index (χ4v) is 3.58. The van der Waals surface area contributed by atoms with Crippen LogP contribution in [0.5, 0.6) is 11.5 Å². The number of carbonyl (C=O) groups excluding carboxylic acids is 1. The van der Waals surface area contributed by atoms with Crippen molar-refractivity contribution in [3.05, 3.63) is 52.0 Å². The second-order valence-corrected chi connectivity index (χ2v) is 6.63. The molecule has 0 bridgehead atoms. The third-order valence-corrected chi connectivity index (χ3v) is 4.85. The van der Waals surface area contributed by atoms with Gasteiger partial charge < -0.3 is 14.4 Å². The summed E-state index contributed by atoms with van der Waals surface area (Å²) < 4.78 is 11.9. The standard InChI is InChI=1S/C19H20BrNO3/c1-23-17-4-3-5-18(24-2)15(17)7-9-19(22)21-11-10-13-12-14(20)6-8-16(13)21/h3-6,8,12H,7,9-11H2,1-2H3. The Balaban J connectivity index is 1.74. The van der Waals surface area contributed by atoms with Crippen LogP contribution < -0.4 is 14.4 Å². The molecule has 126 valence electrons. The van der Waals surface area contributed by atoms with E-state index in [1.54, 1.807) is 14.2 Å². The molecule has 0 aromatic heterocycles. The van der Waals surface area contributed by atoms with Gasteiger partial charge in [0, 0.05) is 28.7 Å². The first kappa shape index (κ1) is 16.8. The highest BCUT2D eigenvalue weighted by atomic mass is 79.9. The third kappa shape index (κ3) is 3.26. The Bertz CT molecular complexity index is 738. The molecular formula is C19H20BrNO3. The zero-order valence-electron chi connectivity index (χ0n) is 13.8. The summed E-state index contributed by atoms with van der Waals surface area (Å²) in [6, 6.07) is 11.8. The Morgan fingerprint density at radius 3 is 2.54 bits per heavy atom. The van der Waals surface area contributed by atoms with Crippen LogP contribution in [0, 0.1) is 0 Å². The van der Waals surface area contributed by atoms with Gasteiger partial charge in [0.25, 0.3) is 0 Å². The van der Waals surface area contributed by atoms with Crippen LogP contribution in [0.2, 0.25) is 0 Å². The van der Waals surface area contributed by atoms with Crippen LogP contribution in [-0.4, -0.2) is 26.7 Å². The van der Waals surface area contributed by atoms with Crippen molar-refractivity contribution in [2.24, 2.45) is 0 Å². The predicted molar refractivity (Wildman–Crippen MR) is 98.1 cm³/mol. The number of hydrogen-bond acceptors (Lipinski definition) is 3. The van der Waals surface area contributed by atoms with Gasteiger partial charge in [-0.2, -0.15) is 0 Å². The summed E-state index contributed by atoms with van der Waals surface area (Å²) in [6.07, 6.45) is 1.92. The SMILES string of the molecule is COc1cccc(OC)c1CCC(=O)N1CCc2cc(Br)ccc21.